The summed E-state index contributed by atoms with van der Waals surface area (Å²) in [6.45, 7) is 6.27. The molecule has 3 rings (SSSR count). The average molecular weight is 501 g/mol. The highest BCUT2D eigenvalue weighted by Crippen LogP contribution is 2.26. The van der Waals surface area contributed by atoms with Gasteiger partial charge in [-0.05, 0) is 78.4 Å². The lowest BCUT2D eigenvalue weighted by atomic mass is 9.97. The summed E-state index contributed by atoms with van der Waals surface area (Å²) in [5.41, 5.74) is 5.92. The molecule has 192 valence electrons. The molecule has 0 radical (unpaired) electrons. The van der Waals surface area contributed by atoms with Crippen LogP contribution in [0.15, 0.2) is 84.9 Å². The number of hydrogen-bond donors (Lipinski definition) is 2. The second kappa shape index (κ2) is 13.2. The zero-order valence-electron chi connectivity index (χ0n) is 21.3. The number of allylic oxidation sites excluding steroid dienone is 2. The summed E-state index contributed by atoms with van der Waals surface area (Å²) in [6, 6.07) is 23.0. The molecule has 0 saturated heterocycles. The minimum atomic E-state index is -0.967. The van der Waals surface area contributed by atoms with Crippen molar-refractivity contribution in [3.05, 3.63) is 102 Å². The van der Waals surface area contributed by atoms with Gasteiger partial charge in [0, 0.05) is 13.0 Å². The Bertz CT molecular complexity index is 1270. The number of rotatable bonds is 12. The van der Waals surface area contributed by atoms with Gasteiger partial charge in [0.15, 0.2) is 6.10 Å². The van der Waals surface area contributed by atoms with E-state index in [2.05, 4.69) is 0 Å². The van der Waals surface area contributed by atoms with Crippen LogP contribution in [0.5, 0.6) is 5.75 Å². The van der Waals surface area contributed by atoms with E-state index in [-0.39, 0.29) is 5.57 Å². The van der Waals surface area contributed by atoms with Crippen LogP contribution in [0.4, 0.5) is 0 Å². The van der Waals surface area contributed by atoms with Crippen LogP contribution < -0.4 is 4.74 Å². The van der Waals surface area contributed by atoms with Crippen molar-refractivity contribution < 1.29 is 29.3 Å². The summed E-state index contributed by atoms with van der Waals surface area (Å²) < 4.78 is 11.1. The summed E-state index contributed by atoms with van der Waals surface area (Å²) in [7, 11) is 0. The molecule has 1 atom stereocenters. The monoisotopic (exact) mass is 500 g/mol. The zero-order valence-corrected chi connectivity index (χ0v) is 21.3. The summed E-state index contributed by atoms with van der Waals surface area (Å²) in [5, 5.41) is 18.6. The van der Waals surface area contributed by atoms with Gasteiger partial charge in [0.2, 0.25) is 0 Å². The highest BCUT2D eigenvalue weighted by molar-refractivity contribution is 6.15. The molecular formula is C31H32O6. The molecule has 0 amide bonds. The minimum Gasteiger partial charge on any atom is -0.490 e. The number of carbonyl (C=O) groups is 2. The van der Waals surface area contributed by atoms with Crippen molar-refractivity contribution in [1.29, 1.82) is 0 Å². The lowest BCUT2D eigenvalue weighted by molar-refractivity contribution is -0.150. The maximum absolute atomic E-state index is 11.5. The van der Waals surface area contributed by atoms with Crippen molar-refractivity contribution in [3.63, 3.8) is 0 Å². The number of carboxylic acid groups (broad SMARTS) is 2. The highest BCUT2D eigenvalue weighted by Gasteiger charge is 2.17. The fraction of sp³-hybridized carbons (Fsp3) is 0.226. The van der Waals surface area contributed by atoms with E-state index in [9.17, 15) is 19.8 Å². The van der Waals surface area contributed by atoms with Crippen LogP contribution in [-0.4, -0.2) is 41.5 Å². The van der Waals surface area contributed by atoms with Gasteiger partial charge in [-0.3, -0.25) is 0 Å². The van der Waals surface area contributed by atoms with Gasteiger partial charge in [-0.15, -0.1) is 0 Å². The highest BCUT2D eigenvalue weighted by atomic mass is 16.5. The van der Waals surface area contributed by atoms with E-state index >= 15 is 0 Å². The number of benzene rings is 3. The van der Waals surface area contributed by atoms with Crippen LogP contribution in [0.1, 0.15) is 37.5 Å². The Morgan fingerprint density at radius 3 is 2.22 bits per heavy atom. The van der Waals surface area contributed by atoms with Crippen LogP contribution in [0.3, 0.4) is 0 Å². The molecule has 0 aliphatic heterocycles. The van der Waals surface area contributed by atoms with Gasteiger partial charge < -0.3 is 19.7 Å². The van der Waals surface area contributed by atoms with Crippen LogP contribution in [0.2, 0.25) is 0 Å². The fourth-order valence-corrected chi connectivity index (χ4v) is 3.94. The van der Waals surface area contributed by atoms with E-state index < -0.39 is 18.0 Å². The molecular weight excluding hydrogens is 468 g/mol. The molecule has 0 aromatic heterocycles. The van der Waals surface area contributed by atoms with E-state index in [4.69, 9.17) is 9.47 Å². The molecule has 6 heteroatoms. The zero-order chi connectivity index (χ0) is 26.8. The second-order valence-electron chi connectivity index (χ2n) is 8.49. The van der Waals surface area contributed by atoms with Gasteiger partial charge >= 0.3 is 11.9 Å². The Hall–Kier alpha value is -4.16. The number of hydrogen-bond acceptors (Lipinski definition) is 4. The third-order valence-corrected chi connectivity index (χ3v) is 5.99. The van der Waals surface area contributed by atoms with Gasteiger partial charge in [-0.25, -0.2) is 9.59 Å². The smallest absolute Gasteiger partial charge is 0.335 e. The molecule has 3 aromatic carbocycles. The first-order valence-electron chi connectivity index (χ1n) is 12.2. The first kappa shape index (κ1) is 27.4. The summed E-state index contributed by atoms with van der Waals surface area (Å²) in [6.07, 6.45) is 3.06. The molecule has 2 N–H and O–H groups in total. The normalized spacial score (nSPS) is 12.7. The molecule has 0 heterocycles. The summed E-state index contributed by atoms with van der Waals surface area (Å²) in [4.78, 5) is 22.7. The Morgan fingerprint density at radius 1 is 0.919 bits per heavy atom. The molecule has 6 nitrogen and oxygen atoms in total. The summed E-state index contributed by atoms with van der Waals surface area (Å²) in [5.74, 6) is -1.21. The average Bonchev–Trinajstić information content (AvgIpc) is 2.89. The quantitative estimate of drug-likeness (QED) is 0.281. The Balaban J connectivity index is 1.60. The molecule has 37 heavy (non-hydrogen) atoms. The molecule has 0 saturated carbocycles. The molecule has 0 spiro atoms. The van der Waals surface area contributed by atoms with E-state index in [1.165, 1.54) is 0 Å². The third-order valence-electron chi connectivity index (χ3n) is 5.99. The van der Waals surface area contributed by atoms with Gasteiger partial charge in [-0.1, -0.05) is 60.7 Å². The summed E-state index contributed by atoms with van der Waals surface area (Å²) >= 11 is 0. The minimum absolute atomic E-state index is 0.279. The fourth-order valence-electron chi connectivity index (χ4n) is 3.94. The third kappa shape index (κ3) is 7.66. The Kier molecular flexibility index (Phi) is 9.81. The lowest BCUT2D eigenvalue weighted by Gasteiger charge is -2.12. The first-order chi connectivity index (χ1) is 17.8. The molecule has 0 aliphatic rings. The van der Waals surface area contributed by atoms with E-state index in [0.29, 0.717) is 30.9 Å². The predicted molar refractivity (Wildman–Crippen MR) is 146 cm³/mol. The van der Waals surface area contributed by atoms with Crippen molar-refractivity contribution in [2.45, 2.75) is 33.3 Å². The SMILES string of the molecule is CC=C(C(=O)O)c1cccc(-c2ccc(C(C)=CCOc3ccc(CC(OCC)C(=O)O)cc3)cc2)c1. The van der Waals surface area contributed by atoms with Crippen molar-refractivity contribution in [3.8, 4) is 16.9 Å². The van der Waals surface area contributed by atoms with Gasteiger partial charge in [-0.2, -0.15) is 0 Å². The standard InChI is InChI=1S/C31H32O6/c1-4-28(30(32)33)26-8-6-7-25(20-26)24-13-11-23(12-14-24)21(3)17-18-37-27-15-9-22(10-16-27)19-29(31(34)35)36-5-2/h4,6-17,20,29H,5,18-19H2,1-3H3,(H,32,33)(H,34,35). The van der Waals surface area contributed by atoms with Crippen LogP contribution in [0, 0.1) is 0 Å². The number of ether oxygens (including phenoxy) is 2. The van der Waals surface area contributed by atoms with Crippen LogP contribution >= 0.6 is 0 Å². The van der Waals surface area contributed by atoms with Gasteiger partial charge in [0.25, 0.3) is 0 Å². The van der Waals surface area contributed by atoms with Crippen LogP contribution in [0.25, 0.3) is 22.3 Å². The van der Waals surface area contributed by atoms with Gasteiger partial charge in [0.05, 0.1) is 5.57 Å². The second-order valence-corrected chi connectivity index (χ2v) is 8.49. The predicted octanol–water partition coefficient (Wildman–Crippen LogP) is 6.36. The van der Waals surface area contributed by atoms with E-state index in [0.717, 1.165) is 27.8 Å². The van der Waals surface area contributed by atoms with Crippen molar-refractivity contribution in [2.24, 2.45) is 0 Å². The number of aliphatic carboxylic acids is 2. The van der Waals surface area contributed by atoms with Crippen LogP contribution in [-0.2, 0) is 20.7 Å². The largest absolute Gasteiger partial charge is 0.490 e. The van der Waals surface area contributed by atoms with Crippen molar-refractivity contribution in [1.82, 2.24) is 0 Å². The van der Waals surface area contributed by atoms with Crippen molar-refractivity contribution >= 4 is 23.1 Å². The van der Waals surface area contributed by atoms with E-state index in [1.54, 1.807) is 26.0 Å². The molecule has 0 bridgehead atoms. The Labute approximate surface area is 217 Å². The Morgan fingerprint density at radius 2 is 1.62 bits per heavy atom. The molecule has 1 unspecified atom stereocenters. The van der Waals surface area contributed by atoms with E-state index in [1.807, 2.05) is 79.7 Å². The molecule has 3 aromatic rings. The topological polar surface area (TPSA) is 93.1 Å². The number of carboxylic acids is 2. The first-order valence-corrected chi connectivity index (χ1v) is 12.2. The molecule has 0 aliphatic carbocycles. The lowest BCUT2D eigenvalue weighted by Crippen LogP contribution is -2.26. The maximum Gasteiger partial charge on any atom is 0.335 e. The van der Waals surface area contributed by atoms with Gasteiger partial charge in [0.1, 0.15) is 12.4 Å². The van der Waals surface area contributed by atoms with Crippen molar-refractivity contribution in [2.75, 3.05) is 13.2 Å². The maximum atomic E-state index is 11.5. The molecule has 0 fully saturated rings.